The van der Waals surface area contributed by atoms with E-state index in [9.17, 15) is 23.1 Å². The number of unbranched alkanes of at least 4 members (excludes halogenated alkanes) is 1. The van der Waals surface area contributed by atoms with Crippen LogP contribution in [0.15, 0.2) is 66.7 Å². The van der Waals surface area contributed by atoms with E-state index in [2.05, 4.69) is 22.3 Å². The van der Waals surface area contributed by atoms with Crippen molar-refractivity contribution in [2.45, 2.75) is 44.7 Å². The first kappa shape index (κ1) is 26.7. The molecule has 1 amide bonds. The molecule has 196 valence electrons. The smallest absolute Gasteiger partial charge is 0.416 e. The molecule has 0 unspecified atom stereocenters. The molecular formula is C30H33F3N2O2. The number of aromatic hydroxyl groups is 1. The third-order valence-corrected chi connectivity index (χ3v) is 7.09. The van der Waals surface area contributed by atoms with Crippen LogP contribution >= 0.6 is 0 Å². The van der Waals surface area contributed by atoms with Crippen LogP contribution in [0.25, 0.3) is 11.1 Å². The summed E-state index contributed by atoms with van der Waals surface area (Å²) < 4.78 is 38.2. The van der Waals surface area contributed by atoms with E-state index in [1.807, 2.05) is 13.0 Å². The van der Waals surface area contributed by atoms with Crippen molar-refractivity contribution >= 4 is 5.91 Å². The Labute approximate surface area is 216 Å². The first-order chi connectivity index (χ1) is 17.7. The molecule has 4 nitrogen and oxygen atoms in total. The van der Waals surface area contributed by atoms with Crippen LogP contribution in [0.2, 0.25) is 0 Å². The summed E-state index contributed by atoms with van der Waals surface area (Å²) in [5, 5.41) is 13.2. The van der Waals surface area contributed by atoms with Gasteiger partial charge in [0.2, 0.25) is 0 Å². The van der Waals surface area contributed by atoms with Gasteiger partial charge < -0.3 is 15.3 Å². The maximum atomic E-state index is 12.7. The Kier molecular flexibility index (Phi) is 8.54. The first-order valence-electron chi connectivity index (χ1n) is 12.8. The Bertz CT molecular complexity index is 1180. The highest BCUT2D eigenvalue weighted by atomic mass is 19.4. The molecule has 7 heteroatoms. The van der Waals surface area contributed by atoms with Gasteiger partial charge in [-0.1, -0.05) is 36.4 Å². The van der Waals surface area contributed by atoms with Crippen molar-refractivity contribution in [3.63, 3.8) is 0 Å². The summed E-state index contributed by atoms with van der Waals surface area (Å²) in [5.41, 5.74) is 3.39. The number of piperidine rings is 1. The minimum absolute atomic E-state index is 0.155. The van der Waals surface area contributed by atoms with E-state index in [0.717, 1.165) is 74.1 Å². The van der Waals surface area contributed by atoms with E-state index in [-0.39, 0.29) is 5.91 Å². The molecule has 0 atom stereocenters. The van der Waals surface area contributed by atoms with Gasteiger partial charge in [0.1, 0.15) is 5.75 Å². The summed E-state index contributed by atoms with van der Waals surface area (Å²) in [6.45, 7) is 5.58. The Morgan fingerprint density at radius 1 is 0.946 bits per heavy atom. The summed E-state index contributed by atoms with van der Waals surface area (Å²) in [6, 6.07) is 17.8. The van der Waals surface area contributed by atoms with Crippen molar-refractivity contribution in [1.29, 1.82) is 0 Å². The lowest BCUT2D eigenvalue weighted by Gasteiger charge is -2.32. The van der Waals surface area contributed by atoms with E-state index < -0.39 is 11.7 Å². The second-order valence-electron chi connectivity index (χ2n) is 9.79. The van der Waals surface area contributed by atoms with Gasteiger partial charge in [-0.2, -0.15) is 13.2 Å². The number of aryl methyl sites for hydroxylation is 1. The molecule has 1 fully saturated rings. The molecular weight excluding hydrogens is 477 g/mol. The number of phenolic OH excluding ortho intramolecular Hbond substituents is 1. The topological polar surface area (TPSA) is 52.6 Å². The molecule has 1 saturated heterocycles. The minimum Gasteiger partial charge on any atom is -0.508 e. The van der Waals surface area contributed by atoms with E-state index in [0.29, 0.717) is 29.3 Å². The van der Waals surface area contributed by atoms with Crippen LogP contribution in [0.5, 0.6) is 5.75 Å². The number of amides is 1. The van der Waals surface area contributed by atoms with Crippen LogP contribution in [0, 0.1) is 6.92 Å². The zero-order valence-corrected chi connectivity index (χ0v) is 21.0. The summed E-state index contributed by atoms with van der Waals surface area (Å²) in [6.07, 6.45) is -0.406. The van der Waals surface area contributed by atoms with Crippen molar-refractivity contribution in [3.05, 3.63) is 89.0 Å². The van der Waals surface area contributed by atoms with Gasteiger partial charge >= 0.3 is 6.18 Å². The fourth-order valence-electron chi connectivity index (χ4n) is 4.90. The number of halogens is 3. The second-order valence-corrected chi connectivity index (χ2v) is 9.79. The maximum absolute atomic E-state index is 12.7. The number of rotatable bonds is 8. The summed E-state index contributed by atoms with van der Waals surface area (Å²) in [7, 11) is 0. The Morgan fingerprint density at radius 3 is 2.16 bits per heavy atom. The summed E-state index contributed by atoms with van der Waals surface area (Å²) in [5.74, 6) is 0.655. The van der Waals surface area contributed by atoms with Gasteiger partial charge in [0.25, 0.3) is 5.91 Å². The van der Waals surface area contributed by atoms with Crippen molar-refractivity contribution in [3.8, 4) is 16.9 Å². The summed E-state index contributed by atoms with van der Waals surface area (Å²) >= 11 is 0. The predicted octanol–water partition coefficient (Wildman–Crippen LogP) is 6.78. The standard InChI is InChI=1S/C30H33F3N2O2/c1-21-4-13-27(28(36)20-21)24-14-18-35(19-15-24)17-3-2-16-34-29(37)25-7-5-22(6-8-25)23-9-11-26(12-10-23)30(31,32)33/h4-13,20,24,36H,2-3,14-19H2,1H3,(H,34,37). The Morgan fingerprint density at radius 2 is 1.57 bits per heavy atom. The lowest BCUT2D eigenvalue weighted by molar-refractivity contribution is -0.137. The van der Waals surface area contributed by atoms with Gasteiger partial charge in [0.05, 0.1) is 5.56 Å². The molecule has 3 aromatic carbocycles. The minimum atomic E-state index is -4.36. The van der Waals surface area contributed by atoms with E-state index in [1.165, 1.54) is 12.1 Å². The molecule has 0 saturated carbocycles. The number of benzene rings is 3. The third-order valence-electron chi connectivity index (χ3n) is 7.09. The molecule has 0 aromatic heterocycles. The number of likely N-dealkylation sites (tertiary alicyclic amines) is 1. The van der Waals surface area contributed by atoms with Crippen molar-refractivity contribution in [2.24, 2.45) is 0 Å². The maximum Gasteiger partial charge on any atom is 0.416 e. The molecule has 0 radical (unpaired) electrons. The predicted molar refractivity (Wildman–Crippen MR) is 140 cm³/mol. The number of phenols is 1. The van der Waals surface area contributed by atoms with Crippen LogP contribution in [-0.4, -0.2) is 42.1 Å². The normalized spacial score (nSPS) is 15.0. The second kappa shape index (κ2) is 11.8. The third kappa shape index (κ3) is 7.13. The average Bonchev–Trinajstić information content (AvgIpc) is 2.88. The van der Waals surface area contributed by atoms with Crippen molar-refractivity contribution < 1.29 is 23.1 Å². The molecule has 1 aliphatic rings. The molecule has 0 bridgehead atoms. The largest absolute Gasteiger partial charge is 0.508 e. The number of carbonyl (C=O) groups is 1. The molecule has 4 rings (SSSR count). The molecule has 37 heavy (non-hydrogen) atoms. The quantitative estimate of drug-likeness (QED) is 0.329. The van der Waals surface area contributed by atoms with Crippen LogP contribution in [0.3, 0.4) is 0 Å². The average molecular weight is 511 g/mol. The Hall–Kier alpha value is -3.32. The fourth-order valence-corrected chi connectivity index (χ4v) is 4.90. The highest BCUT2D eigenvalue weighted by Gasteiger charge is 2.30. The molecule has 2 N–H and O–H groups in total. The lowest BCUT2D eigenvalue weighted by Crippen LogP contribution is -2.34. The first-order valence-corrected chi connectivity index (χ1v) is 12.8. The number of hydrogen-bond acceptors (Lipinski definition) is 3. The zero-order valence-electron chi connectivity index (χ0n) is 21.0. The van der Waals surface area contributed by atoms with E-state index >= 15 is 0 Å². The molecule has 1 aliphatic heterocycles. The molecule has 3 aromatic rings. The van der Waals surface area contributed by atoms with Crippen molar-refractivity contribution in [2.75, 3.05) is 26.2 Å². The monoisotopic (exact) mass is 510 g/mol. The van der Waals surface area contributed by atoms with Crippen LogP contribution in [0.1, 0.15) is 58.6 Å². The van der Waals surface area contributed by atoms with Crippen LogP contribution in [0.4, 0.5) is 13.2 Å². The Balaban J connectivity index is 1.15. The lowest BCUT2D eigenvalue weighted by atomic mass is 9.88. The highest BCUT2D eigenvalue weighted by Crippen LogP contribution is 2.34. The zero-order chi connectivity index (χ0) is 26.4. The number of carbonyl (C=O) groups excluding carboxylic acids is 1. The van der Waals surface area contributed by atoms with E-state index in [4.69, 9.17) is 0 Å². The molecule has 1 heterocycles. The SMILES string of the molecule is Cc1ccc(C2CCN(CCCCNC(=O)c3ccc(-c4ccc(C(F)(F)F)cc4)cc3)CC2)c(O)c1. The van der Waals surface area contributed by atoms with Gasteiger partial charge in [0, 0.05) is 12.1 Å². The molecule has 0 spiro atoms. The van der Waals surface area contributed by atoms with Gasteiger partial charge in [-0.15, -0.1) is 0 Å². The summed E-state index contributed by atoms with van der Waals surface area (Å²) in [4.78, 5) is 14.9. The number of hydrogen-bond donors (Lipinski definition) is 2. The number of nitrogens with zero attached hydrogens (tertiary/aromatic N) is 1. The van der Waals surface area contributed by atoms with Gasteiger partial charge in [0.15, 0.2) is 0 Å². The fraction of sp³-hybridized carbons (Fsp3) is 0.367. The van der Waals surface area contributed by atoms with E-state index in [1.54, 1.807) is 24.3 Å². The molecule has 0 aliphatic carbocycles. The number of nitrogens with one attached hydrogen (secondary N) is 1. The highest BCUT2D eigenvalue weighted by molar-refractivity contribution is 5.94. The number of alkyl halides is 3. The van der Waals surface area contributed by atoms with Gasteiger partial charge in [-0.25, -0.2) is 0 Å². The van der Waals surface area contributed by atoms with Gasteiger partial charge in [-0.3, -0.25) is 4.79 Å². The van der Waals surface area contributed by atoms with Gasteiger partial charge in [-0.05, 0) is 111 Å². The van der Waals surface area contributed by atoms with Crippen LogP contribution in [-0.2, 0) is 6.18 Å². The van der Waals surface area contributed by atoms with Crippen LogP contribution < -0.4 is 5.32 Å². The van der Waals surface area contributed by atoms with Crippen molar-refractivity contribution in [1.82, 2.24) is 10.2 Å².